The second kappa shape index (κ2) is 8.59. The molecule has 0 aromatic carbocycles. The van der Waals surface area contributed by atoms with Crippen LogP contribution in [0.5, 0.6) is 0 Å². The Kier molecular flexibility index (Phi) is 6.43. The van der Waals surface area contributed by atoms with E-state index in [-0.39, 0.29) is 5.97 Å². The van der Waals surface area contributed by atoms with E-state index in [4.69, 9.17) is 9.47 Å². The first-order valence-electron chi connectivity index (χ1n) is 7.41. The van der Waals surface area contributed by atoms with Gasteiger partial charge in [0.15, 0.2) is 0 Å². The third-order valence-electron chi connectivity index (χ3n) is 3.47. The molecule has 0 saturated carbocycles. The van der Waals surface area contributed by atoms with Crippen molar-refractivity contribution in [1.29, 1.82) is 0 Å². The Morgan fingerprint density at radius 3 is 3.05 bits per heavy atom. The van der Waals surface area contributed by atoms with Gasteiger partial charge in [-0.1, -0.05) is 0 Å². The summed E-state index contributed by atoms with van der Waals surface area (Å²) in [5, 5.41) is 6.48. The average Bonchev–Trinajstić information content (AvgIpc) is 2.55. The molecule has 1 fully saturated rings. The van der Waals surface area contributed by atoms with E-state index < -0.39 is 0 Å². The first-order valence-corrected chi connectivity index (χ1v) is 7.41. The molecule has 0 bridgehead atoms. The second-order valence-electron chi connectivity index (χ2n) is 4.99. The highest BCUT2D eigenvalue weighted by Gasteiger charge is 2.13. The number of anilines is 1. The van der Waals surface area contributed by atoms with Gasteiger partial charge in [0.1, 0.15) is 11.4 Å². The van der Waals surface area contributed by atoms with Crippen molar-refractivity contribution in [3.63, 3.8) is 0 Å². The molecule has 6 nitrogen and oxygen atoms in total. The Morgan fingerprint density at radius 2 is 2.29 bits per heavy atom. The summed E-state index contributed by atoms with van der Waals surface area (Å²) in [6, 6.07) is 3.42. The van der Waals surface area contributed by atoms with Crippen LogP contribution in [0.15, 0.2) is 18.3 Å². The Balaban J connectivity index is 1.69. The molecule has 0 amide bonds. The van der Waals surface area contributed by atoms with Crippen LogP contribution in [0.1, 0.15) is 29.6 Å². The number of hydrogen-bond acceptors (Lipinski definition) is 6. The maximum Gasteiger partial charge on any atom is 0.341 e. The van der Waals surface area contributed by atoms with Crippen molar-refractivity contribution < 1.29 is 14.3 Å². The van der Waals surface area contributed by atoms with Gasteiger partial charge in [0.25, 0.3) is 0 Å². The molecule has 2 N–H and O–H groups in total. The number of rotatable bonds is 7. The highest BCUT2D eigenvalue weighted by molar-refractivity contribution is 5.94. The highest BCUT2D eigenvalue weighted by atomic mass is 16.5. The van der Waals surface area contributed by atoms with E-state index in [0.29, 0.717) is 24.0 Å². The van der Waals surface area contributed by atoms with Gasteiger partial charge in [-0.25, -0.2) is 9.78 Å². The summed E-state index contributed by atoms with van der Waals surface area (Å²) in [5.74, 6) is 0.183. The number of pyridine rings is 1. The van der Waals surface area contributed by atoms with Crippen molar-refractivity contribution >= 4 is 11.8 Å². The molecular weight excluding hydrogens is 270 g/mol. The third kappa shape index (κ3) is 4.99. The summed E-state index contributed by atoms with van der Waals surface area (Å²) in [4.78, 5) is 15.8. The fourth-order valence-electron chi connectivity index (χ4n) is 2.31. The van der Waals surface area contributed by atoms with Crippen LogP contribution in [-0.4, -0.2) is 50.4 Å². The monoisotopic (exact) mass is 293 g/mol. The van der Waals surface area contributed by atoms with Crippen LogP contribution in [-0.2, 0) is 9.47 Å². The Bertz CT molecular complexity index is 448. The van der Waals surface area contributed by atoms with Crippen molar-refractivity contribution in [2.45, 2.75) is 25.4 Å². The molecule has 0 atom stereocenters. The van der Waals surface area contributed by atoms with Gasteiger partial charge < -0.3 is 20.1 Å². The number of carbonyl (C=O) groups excluding carboxylic acids is 1. The summed E-state index contributed by atoms with van der Waals surface area (Å²) in [6.07, 6.45) is 5.08. The summed E-state index contributed by atoms with van der Waals surface area (Å²) in [7, 11) is 1.37. The fraction of sp³-hybridized carbons (Fsp3) is 0.600. The molecular formula is C15H23N3O3. The molecule has 6 heteroatoms. The van der Waals surface area contributed by atoms with E-state index >= 15 is 0 Å². The molecule has 2 heterocycles. The van der Waals surface area contributed by atoms with Crippen LogP contribution < -0.4 is 10.6 Å². The smallest absolute Gasteiger partial charge is 0.341 e. The number of esters is 1. The average molecular weight is 293 g/mol. The van der Waals surface area contributed by atoms with Crippen LogP contribution in [0.2, 0.25) is 0 Å². The maximum absolute atomic E-state index is 11.6. The predicted octanol–water partition coefficient (Wildman–Crippen LogP) is 1.44. The SMILES string of the molecule is COC(=O)c1cccnc1NCCCOC1CCNCC1. The van der Waals surface area contributed by atoms with Crippen molar-refractivity contribution in [1.82, 2.24) is 10.3 Å². The first kappa shape index (κ1) is 15.7. The lowest BCUT2D eigenvalue weighted by atomic mass is 10.1. The zero-order valence-electron chi connectivity index (χ0n) is 12.4. The van der Waals surface area contributed by atoms with Crippen LogP contribution in [0.3, 0.4) is 0 Å². The number of ether oxygens (including phenoxy) is 2. The standard InChI is InChI=1S/C15H23N3O3/c1-20-15(19)13-4-2-7-17-14(13)18-8-3-11-21-12-5-9-16-10-6-12/h2,4,7,12,16H,3,5-6,8-11H2,1H3,(H,17,18). The number of nitrogens with one attached hydrogen (secondary N) is 2. The van der Waals surface area contributed by atoms with E-state index in [2.05, 4.69) is 15.6 Å². The van der Waals surface area contributed by atoms with Gasteiger partial charge in [0.2, 0.25) is 0 Å². The van der Waals surface area contributed by atoms with E-state index in [1.165, 1.54) is 7.11 Å². The topological polar surface area (TPSA) is 72.5 Å². The van der Waals surface area contributed by atoms with Crippen LogP contribution in [0.4, 0.5) is 5.82 Å². The molecule has 21 heavy (non-hydrogen) atoms. The predicted molar refractivity (Wildman–Crippen MR) is 80.5 cm³/mol. The molecule has 0 spiro atoms. The lowest BCUT2D eigenvalue weighted by Gasteiger charge is -2.22. The molecule has 1 saturated heterocycles. The fourth-order valence-corrected chi connectivity index (χ4v) is 2.31. The summed E-state index contributed by atoms with van der Waals surface area (Å²) in [5.41, 5.74) is 0.458. The lowest BCUT2D eigenvalue weighted by molar-refractivity contribution is 0.0329. The van der Waals surface area contributed by atoms with E-state index in [1.807, 2.05) is 0 Å². The molecule has 0 radical (unpaired) electrons. The van der Waals surface area contributed by atoms with Gasteiger partial charge >= 0.3 is 5.97 Å². The van der Waals surface area contributed by atoms with Gasteiger partial charge in [0.05, 0.1) is 13.2 Å². The highest BCUT2D eigenvalue weighted by Crippen LogP contribution is 2.12. The first-order chi connectivity index (χ1) is 10.3. The molecule has 1 aromatic rings. The van der Waals surface area contributed by atoms with Crippen molar-refractivity contribution in [3.05, 3.63) is 23.9 Å². The summed E-state index contributed by atoms with van der Waals surface area (Å²) in [6.45, 7) is 3.52. The summed E-state index contributed by atoms with van der Waals surface area (Å²) < 4.78 is 10.6. The quantitative estimate of drug-likeness (QED) is 0.585. The zero-order valence-corrected chi connectivity index (χ0v) is 12.4. The normalized spacial score (nSPS) is 15.7. The van der Waals surface area contributed by atoms with Gasteiger partial charge in [-0.2, -0.15) is 0 Å². The van der Waals surface area contributed by atoms with E-state index in [9.17, 15) is 4.79 Å². The molecule has 0 unspecified atom stereocenters. The lowest BCUT2D eigenvalue weighted by Crippen LogP contribution is -2.32. The molecule has 2 rings (SSSR count). The molecule has 1 aliphatic rings. The minimum absolute atomic E-state index is 0.378. The minimum atomic E-state index is -0.378. The van der Waals surface area contributed by atoms with Gasteiger partial charge in [-0.05, 0) is 44.5 Å². The Labute approximate surface area is 125 Å². The van der Waals surface area contributed by atoms with E-state index in [1.54, 1.807) is 18.3 Å². The largest absolute Gasteiger partial charge is 0.465 e. The number of hydrogen-bond donors (Lipinski definition) is 2. The van der Waals surface area contributed by atoms with Crippen molar-refractivity contribution in [2.75, 3.05) is 38.7 Å². The molecule has 1 aliphatic heterocycles. The molecule has 0 aliphatic carbocycles. The third-order valence-corrected chi connectivity index (χ3v) is 3.47. The second-order valence-corrected chi connectivity index (χ2v) is 4.99. The van der Waals surface area contributed by atoms with Gasteiger partial charge in [-0.15, -0.1) is 0 Å². The Hall–Kier alpha value is -1.66. The van der Waals surface area contributed by atoms with Crippen molar-refractivity contribution in [3.8, 4) is 0 Å². The van der Waals surface area contributed by atoms with Gasteiger partial charge in [-0.3, -0.25) is 0 Å². The molecule has 116 valence electrons. The maximum atomic E-state index is 11.6. The van der Waals surface area contributed by atoms with Crippen LogP contribution >= 0.6 is 0 Å². The van der Waals surface area contributed by atoms with Crippen LogP contribution in [0.25, 0.3) is 0 Å². The van der Waals surface area contributed by atoms with Gasteiger partial charge in [0, 0.05) is 19.3 Å². The minimum Gasteiger partial charge on any atom is -0.465 e. The van der Waals surface area contributed by atoms with Crippen molar-refractivity contribution in [2.24, 2.45) is 0 Å². The number of carbonyl (C=O) groups is 1. The number of nitrogens with zero attached hydrogens (tertiary/aromatic N) is 1. The van der Waals surface area contributed by atoms with E-state index in [0.717, 1.165) is 39.0 Å². The zero-order chi connectivity index (χ0) is 14.9. The number of piperidine rings is 1. The van der Waals surface area contributed by atoms with Crippen LogP contribution in [0, 0.1) is 0 Å². The molecule has 1 aromatic heterocycles. The number of methoxy groups -OCH3 is 1. The Morgan fingerprint density at radius 1 is 1.48 bits per heavy atom. The number of aromatic nitrogens is 1. The summed E-state index contributed by atoms with van der Waals surface area (Å²) >= 11 is 0.